The molecule has 0 bridgehead atoms. The monoisotopic (exact) mass is 498 g/mol. The van der Waals surface area contributed by atoms with Crippen molar-refractivity contribution >= 4 is 44.3 Å². The number of carbonyl (C=O) groups is 2. The molecule has 1 saturated heterocycles. The fraction of sp³-hybridized carbons (Fsp3) is 0.375. The number of nitrogens with one attached hydrogen (secondary N) is 1. The number of alkyl halides is 1. The quantitative estimate of drug-likeness (QED) is 0.527. The van der Waals surface area contributed by atoms with Crippen molar-refractivity contribution in [3.8, 4) is 0 Å². The van der Waals surface area contributed by atoms with Gasteiger partial charge in [0, 0.05) is 50.7 Å². The van der Waals surface area contributed by atoms with Crippen LogP contribution in [0.4, 0.5) is 5.69 Å². The van der Waals surface area contributed by atoms with Crippen LogP contribution in [0.5, 0.6) is 0 Å². The van der Waals surface area contributed by atoms with Gasteiger partial charge in [0.1, 0.15) is 5.54 Å². The topological polar surface area (TPSA) is 76.5 Å². The lowest BCUT2D eigenvalue weighted by Gasteiger charge is -2.45. The van der Waals surface area contributed by atoms with E-state index in [0.717, 1.165) is 16.5 Å². The molecule has 0 saturated carbocycles. The molecule has 168 valence electrons. The molecule has 0 spiro atoms. The lowest BCUT2D eigenvalue weighted by molar-refractivity contribution is -0.134. The zero-order valence-corrected chi connectivity index (χ0v) is 19.8. The average molecular weight is 499 g/mol. The second-order valence-corrected chi connectivity index (χ2v) is 9.49. The van der Waals surface area contributed by atoms with Crippen LogP contribution in [0, 0.1) is 0 Å². The summed E-state index contributed by atoms with van der Waals surface area (Å²) in [6.07, 6.45) is 2.61. The highest BCUT2D eigenvalue weighted by molar-refractivity contribution is 9.10. The molecule has 2 heterocycles. The highest BCUT2D eigenvalue weighted by Crippen LogP contribution is 2.36. The number of aryl methyl sites for hydroxylation is 1. The summed E-state index contributed by atoms with van der Waals surface area (Å²) in [4.78, 5) is 28.4. The van der Waals surface area contributed by atoms with Crippen molar-refractivity contribution < 1.29 is 14.3 Å². The summed E-state index contributed by atoms with van der Waals surface area (Å²) in [5, 5.41) is 8.30. The minimum atomic E-state index is -1.04. The van der Waals surface area contributed by atoms with Crippen LogP contribution in [0.25, 0.3) is 10.9 Å². The third-order valence-electron chi connectivity index (χ3n) is 6.02. The summed E-state index contributed by atoms with van der Waals surface area (Å²) >= 11 is 3.44. The Kier molecular flexibility index (Phi) is 6.62. The van der Waals surface area contributed by atoms with E-state index in [4.69, 9.17) is 4.74 Å². The Morgan fingerprint density at radius 3 is 2.62 bits per heavy atom. The molecule has 32 heavy (non-hydrogen) atoms. The van der Waals surface area contributed by atoms with Crippen molar-refractivity contribution in [2.24, 2.45) is 7.05 Å². The number of fused-ring (bicyclic) bond motifs is 1. The molecule has 1 fully saturated rings. The summed E-state index contributed by atoms with van der Waals surface area (Å²) in [6.45, 7) is 3.01. The van der Waals surface area contributed by atoms with Crippen molar-refractivity contribution in [2.75, 3.05) is 18.1 Å². The molecule has 1 atom stereocenters. The van der Waals surface area contributed by atoms with E-state index in [1.165, 1.54) is 0 Å². The number of halogens is 1. The third-order valence-corrected chi connectivity index (χ3v) is 6.41. The fourth-order valence-electron chi connectivity index (χ4n) is 4.26. The number of rotatable bonds is 6. The largest absolute Gasteiger partial charge is 0.381 e. The molecule has 1 aliphatic rings. The van der Waals surface area contributed by atoms with E-state index in [1.54, 1.807) is 22.7 Å². The number of benzene rings is 2. The van der Waals surface area contributed by atoms with E-state index in [0.29, 0.717) is 38.3 Å². The molecule has 1 aromatic heterocycles. The smallest absolute Gasteiger partial charge is 0.246 e. The summed E-state index contributed by atoms with van der Waals surface area (Å²) < 4.78 is 7.38. The lowest BCUT2D eigenvalue weighted by atomic mass is 9.85. The summed E-state index contributed by atoms with van der Waals surface area (Å²) in [7, 11) is 1.88. The van der Waals surface area contributed by atoms with Gasteiger partial charge in [-0.3, -0.25) is 19.2 Å². The Bertz CT molecular complexity index is 1110. The molecule has 7 nitrogen and oxygen atoms in total. The van der Waals surface area contributed by atoms with Crippen LogP contribution >= 0.6 is 15.9 Å². The van der Waals surface area contributed by atoms with Crippen LogP contribution in [-0.2, 0) is 27.9 Å². The standard InChI is InChI=1S/C24H27BrN4O3/c1-17(25)22(30)29(20-8-9-21-19(14-20)16-27-28(21)2)24(10-12-32-13-11-24)23(31)26-15-18-6-4-3-5-7-18/h3-9,14,16-17H,10-13,15H2,1-2H3,(H,26,31). The number of ether oxygens (including phenoxy) is 1. The lowest BCUT2D eigenvalue weighted by Crippen LogP contribution is -2.64. The van der Waals surface area contributed by atoms with E-state index in [2.05, 4.69) is 26.3 Å². The molecule has 2 aromatic carbocycles. The van der Waals surface area contributed by atoms with Gasteiger partial charge in [-0.15, -0.1) is 0 Å². The number of anilines is 1. The van der Waals surface area contributed by atoms with E-state index < -0.39 is 10.4 Å². The number of hydrogen-bond acceptors (Lipinski definition) is 4. The van der Waals surface area contributed by atoms with Gasteiger partial charge in [-0.25, -0.2) is 0 Å². The molecular formula is C24H27BrN4O3. The number of amides is 2. The first kappa shape index (κ1) is 22.5. The van der Waals surface area contributed by atoms with Gasteiger partial charge in [-0.2, -0.15) is 5.10 Å². The molecule has 8 heteroatoms. The Hall–Kier alpha value is -2.71. The maximum atomic E-state index is 13.7. The Morgan fingerprint density at radius 1 is 1.22 bits per heavy atom. The molecule has 0 radical (unpaired) electrons. The van der Waals surface area contributed by atoms with Crippen LogP contribution in [0.1, 0.15) is 25.3 Å². The van der Waals surface area contributed by atoms with Gasteiger partial charge in [0.2, 0.25) is 11.8 Å². The molecule has 3 aromatic rings. The highest BCUT2D eigenvalue weighted by atomic mass is 79.9. The molecule has 2 amide bonds. The zero-order valence-electron chi connectivity index (χ0n) is 18.3. The van der Waals surface area contributed by atoms with Crippen LogP contribution in [-0.4, -0.2) is 45.2 Å². The Balaban J connectivity index is 1.74. The van der Waals surface area contributed by atoms with Crippen molar-refractivity contribution in [3.63, 3.8) is 0 Å². The average Bonchev–Trinajstić information content (AvgIpc) is 3.18. The van der Waals surface area contributed by atoms with Gasteiger partial charge in [0.15, 0.2) is 0 Å². The maximum absolute atomic E-state index is 13.7. The van der Waals surface area contributed by atoms with Gasteiger partial charge < -0.3 is 10.1 Å². The van der Waals surface area contributed by atoms with Gasteiger partial charge >= 0.3 is 0 Å². The molecule has 0 aliphatic carbocycles. The second kappa shape index (κ2) is 9.42. The van der Waals surface area contributed by atoms with E-state index >= 15 is 0 Å². The zero-order chi connectivity index (χ0) is 22.7. The number of aromatic nitrogens is 2. The molecule has 1 aliphatic heterocycles. The maximum Gasteiger partial charge on any atom is 0.246 e. The summed E-state index contributed by atoms with van der Waals surface area (Å²) in [5.41, 5.74) is 1.61. The minimum absolute atomic E-state index is 0.162. The van der Waals surface area contributed by atoms with E-state index in [1.807, 2.05) is 55.6 Å². The predicted octanol–water partition coefficient (Wildman–Crippen LogP) is 3.56. The van der Waals surface area contributed by atoms with Crippen LogP contribution in [0.15, 0.2) is 54.7 Å². The van der Waals surface area contributed by atoms with Gasteiger partial charge in [0.25, 0.3) is 0 Å². The summed E-state index contributed by atoms with van der Waals surface area (Å²) in [6, 6.07) is 15.5. The predicted molar refractivity (Wildman–Crippen MR) is 128 cm³/mol. The number of nitrogens with zero attached hydrogens (tertiary/aromatic N) is 3. The van der Waals surface area contributed by atoms with Gasteiger partial charge in [0.05, 0.1) is 16.5 Å². The van der Waals surface area contributed by atoms with Crippen molar-refractivity contribution in [3.05, 3.63) is 60.3 Å². The van der Waals surface area contributed by atoms with Gasteiger partial charge in [-0.05, 0) is 30.7 Å². The number of carbonyl (C=O) groups excluding carboxylic acids is 2. The number of hydrogen-bond donors (Lipinski definition) is 1. The first-order valence-corrected chi connectivity index (χ1v) is 11.6. The summed E-state index contributed by atoms with van der Waals surface area (Å²) in [5.74, 6) is -0.331. The van der Waals surface area contributed by atoms with E-state index in [-0.39, 0.29) is 11.8 Å². The van der Waals surface area contributed by atoms with Crippen molar-refractivity contribution in [1.29, 1.82) is 0 Å². The van der Waals surface area contributed by atoms with Crippen molar-refractivity contribution in [2.45, 2.75) is 36.7 Å². The molecule has 1 N–H and O–H groups in total. The Morgan fingerprint density at radius 2 is 1.94 bits per heavy atom. The van der Waals surface area contributed by atoms with Crippen LogP contribution in [0.2, 0.25) is 0 Å². The molecular weight excluding hydrogens is 472 g/mol. The first-order chi connectivity index (χ1) is 15.4. The van der Waals surface area contributed by atoms with Crippen LogP contribution < -0.4 is 10.2 Å². The second-order valence-electron chi connectivity index (χ2n) is 8.11. The first-order valence-electron chi connectivity index (χ1n) is 10.7. The van der Waals surface area contributed by atoms with Gasteiger partial charge in [-0.1, -0.05) is 46.3 Å². The highest BCUT2D eigenvalue weighted by Gasteiger charge is 2.48. The normalized spacial score (nSPS) is 16.5. The fourth-order valence-corrected chi connectivity index (χ4v) is 4.46. The third kappa shape index (κ3) is 4.29. The van der Waals surface area contributed by atoms with E-state index in [9.17, 15) is 9.59 Å². The molecule has 4 rings (SSSR count). The SMILES string of the molecule is CC(Br)C(=O)N(c1ccc2c(cnn2C)c1)C1(C(=O)NCc2ccccc2)CCOCC1. The van der Waals surface area contributed by atoms with Crippen LogP contribution in [0.3, 0.4) is 0 Å². The molecule has 1 unspecified atom stereocenters. The minimum Gasteiger partial charge on any atom is -0.381 e. The Labute approximate surface area is 195 Å². The van der Waals surface area contributed by atoms with Crippen molar-refractivity contribution in [1.82, 2.24) is 15.1 Å².